The van der Waals surface area contributed by atoms with Gasteiger partial charge in [0.2, 0.25) is 0 Å². The zero-order valence-electron chi connectivity index (χ0n) is 9.95. The topological polar surface area (TPSA) is 26.3 Å². The van der Waals surface area contributed by atoms with Gasteiger partial charge in [-0.3, -0.25) is 4.79 Å². The lowest BCUT2D eigenvalue weighted by Gasteiger charge is -2.12. The minimum atomic E-state index is -4.49. The lowest BCUT2D eigenvalue weighted by atomic mass is 10.1. The molecule has 0 bridgehead atoms. The molecule has 2 nitrogen and oxygen atoms in total. The number of carbonyl (C=O) groups is 1. The Hall–Kier alpha value is -1.82. The molecule has 104 valence electrons. The van der Waals surface area contributed by atoms with Crippen molar-refractivity contribution in [2.24, 2.45) is 0 Å². The van der Waals surface area contributed by atoms with E-state index < -0.39 is 11.7 Å². The number of benzene rings is 2. The molecule has 0 radical (unpaired) electrons. The summed E-state index contributed by atoms with van der Waals surface area (Å²) < 4.78 is 44.1. The van der Waals surface area contributed by atoms with Gasteiger partial charge in [-0.25, -0.2) is 0 Å². The van der Waals surface area contributed by atoms with Crippen LogP contribution in [0.1, 0.15) is 15.9 Å². The SMILES string of the molecule is O=Cc1ccc(C(F)(F)F)cc1Oc1ccc(Br)cc1. The smallest absolute Gasteiger partial charge is 0.416 e. The molecule has 0 heterocycles. The second kappa shape index (κ2) is 5.66. The largest absolute Gasteiger partial charge is 0.457 e. The zero-order chi connectivity index (χ0) is 14.8. The van der Waals surface area contributed by atoms with Crippen molar-refractivity contribution in [2.75, 3.05) is 0 Å². The summed E-state index contributed by atoms with van der Waals surface area (Å²) >= 11 is 3.24. The summed E-state index contributed by atoms with van der Waals surface area (Å²) in [6, 6.07) is 9.28. The molecule has 2 rings (SSSR count). The van der Waals surface area contributed by atoms with Crippen molar-refractivity contribution in [3.8, 4) is 11.5 Å². The maximum Gasteiger partial charge on any atom is 0.416 e. The van der Waals surface area contributed by atoms with Crippen LogP contribution in [-0.2, 0) is 6.18 Å². The van der Waals surface area contributed by atoms with Crippen molar-refractivity contribution in [3.05, 3.63) is 58.1 Å². The summed E-state index contributed by atoms with van der Waals surface area (Å²) in [5.74, 6) is 0.216. The summed E-state index contributed by atoms with van der Waals surface area (Å²) in [5.41, 5.74) is -0.809. The van der Waals surface area contributed by atoms with Gasteiger partial charge in [0.1, 0.15) is 11.5 Å². The Balaban J connectivity index is 2.38. The van der Waals surface area contributed by atoms with E-state index in [0.29, 0.717) is 12.0 Å². The Morgan fingerprint density at radius 3 is 2.25 bits per heavy atom. The lowest BCUT2D eigenvalue weighted by Crippen LogP contribution is -2.05. The zero-order valence-corrected chi connectivity index (χ0v) is 11.5. The van der Waals surface area contributed by atoms with Crippen LogP contribution >= 0.6 is 15.9 Å². The van der Waals surface area contributed by atoms with Gasteiger partial charge < -0.3 is 4.74 Å². The molecular weight excluding hydrogens is 337 g/mol. The number of aldehydes is 1. The van der Waals surface area contributed by atoms with Gasteiger partial charge in [0.15, 0.2) is 6.29 Å². The highest BCUT2D eigenvalue weighted by Crippen LogP contribution is 2.34. The summed E-state index contributed by atoms with van der Waals surface area (Å²) in [6.45, 7) is 0. The Kier molecular flexibility index (Phi) is 4.13. The molecule has 0 saturated heterocycles. The highest BCUT2D eigenvalue weighted by atomic mass is 79.9. The van der Waals surface area contributed by atoms with E-state index >= 15 is 0 Å². The van der Waals surface area contributed by atoms with Gasteiger partial charge in [-0.2, -0.15) is 13.2 Å². The molecule has 0 unspecified atom stereocenters. The first-order valence-corrected chi connectivity index (χ1v) is 6.29. The predicted molar refractivity (Wildman–Crippen MR) is 71.0 cm³/mol. The number of rotatable bonds is 3. The van der Waals surface area contributed by atoms with E-state index in [1.807, 2.05) is 0 Å². The highest BCUT2D eigenvalue weighted by Gasteiger charge is 2.31. The van der Waals surface area contributed by atoms with Crippen molar-refractivity contribution in [2.45, 2.75) is 6.18 Å². The molecule has 0 aromatic heterocycles. The molecule has 0 N–H and O–H groups in total. The summed E-state index contributed by atoms with van der Waals surface area (Å²) in [5, 5.41) is 0. The van der Waals surface area contributed by atoms with Crippen molar-refractivity contribution < 1.29 is 22.7 Å². The molecule has 0 spiro atoms. The maximum atomic E-state index is 12.6. The minimum Gasteiger partial charge on any atom is -0.457 e. The Morgan fingerprint density at radius 1 is 1.05 bits per heavy atom. The van der Waals surface area contributed by atoms with Gasteiger partial charge in [-0.15, -0.1) is 0 Å². The average Bonchev–Trinajstić information content (AvgIpc) is 2.40. The van der Waals surface area contributed by atoms with Crippen LogP contribution in [0.4, 0.5) is 13.2 Å². The van der Waals surface area contributed by atoms with Gasteiger partial charge in [-0.05, 0) is 42.5 Å². The normalized spacial score (nSPS) is 11.2. The van der Waals surface area contributed by atoms with Crippen LogP contribution in [0.15, 0.2) is 46.9 Å². The molecule has 20 heavy (non-hydrogen) atoms. The number of carbonyl (C=O) groups excluding carboxylic acids is 1. The van der Waals surface area contributed by atoms with Crippen LogP contribution in [-0.4, -0.2) is 6.29 Å². The molecule has 6 heteroatoms. The lowest BCUT2D eigenvalue weighted by molar-refractivity contribution is -0.137. The first-order valence-electron chi connectivity index (χ1n) is 5.50. The molecule has 0 atom stereocenters. The fraction of sp³-hybridized carbons (Fsp3) is 0.0714. The number of ether oxygens (including phenoxy) is 1. The van der Waals surface area contributed by atoms with E-state index in [9.17, 15) is 18.0 Å². The average molecular weight is 345 g/mol. The monoisotopic (exact) mass is 344 g/mol. The van der Waals surface area contributed by atoms with E-state index in [2.05, 4.69) is 15.9 Å². The number of halogens is 4. The molecule has 0 amide bonds. The summed E-state index contributed by atoms with van der Waals surface area (Å²) in [6.07, 6.45) is -4.03. The van der Waals surface area contributed by atoms with Crippen LogP contribution in [0.25, 0.3) is 0 Å². The molecule has 2 aromatic carbocycles. The van der Waals surface area contributed by atoms with Crippen molar-refractivity contribution in [3.63, 3.8) is 0 Å². The fourth-order valence-corrected chi connectivity index (χ4v) is 1.79. The van der Waals surface area contributed by atoms with E-state index in [1.54, 1.807) is 24.3 Å². The molecule has 0 aliphatic rings. The first kappa shape index (κ1) is 14.6. The summed E-state index contributed by atoms with van der Waals surface area (Å²) in [7, 11) is 0. The first-order chi connectivity index (χ1) is 9.40. The second-order valence-electron chi connectivity index (χ2n) is 3.92. The Bertz CT molecular complexity index is 621. The maximum absolute atomic E-state index is 12.6. The van der Waals surface area contributed by atoms with Crippen LogP contribution in [0.5, 0.6) is 11.5 Å². The molecular formula is C14H8BrF3O2. The molecule has 0 aliphatic carbocycles. The van der Waals surface area contributed by atoms with E-state index in [0.717, 1.165) is 22.7 Å². The Morgan fingerprint density at radius 2 is 1.70 bits per heavy atom. The second-order valence-corrected chi connectivity index (χ2v) is 4.84. The predicted octanol–water partition coefficient (Wildman–Crippen LogP) is 5.07. The van der Waals surface area contributed by atoms with Gasteiger partial charge in [-0.1, -0.05) is 15.9 Å². The van der Waals surface area contributed by atoms with E-state index in [1.165, 1.54) is 0 Å². The van der Waals surface area contributed by atoms with Gasteiger partial charge in [0.25, 0.3) is 0 Å². The minimum absolute atomic E-state index is 0.0564. The Labute approximate surface area is 121 Å². The molecule has 0 saturated carbocycles. The quantitative estimate of drug-likeness (QED) is 0.726. The highest BCUT2D eigenvalue weighted by molar-refractivity contribution is 9.10. The van der Waals surface area contributed by atoms with Crippen molar-refractivity contribution in [1.29, 1.82) is 0 Å². The number of alkyl halides is 3. The standard InChI is InChI=1S/C14H8BrF3O2/c15-11-3-5-12(6-4-11)20-13-7-10(14(16,17)18)2-1-9(13)8-19/h1-8H. The van der Waals surface area contributed by atoms with Gasteiger partial charge in [0, 0.05) is 4.47 Å². The third kappa shape index (κ3) is 3.39. The molecule has 2 aromatic rings. The fourth-order valence-electron chi connectivity index (χ4n) is 1.53. The van der Waals surface area contributed by atoms with Crippen LogP contribution in [0.2, 0.25) is 0 Å². The molecule has 0 aliphatic heterocycles. The third-order valence-electron chi connectivity index (χ3n) is 2.51. The van der Waals surface area contributed by atoms with Crippen LogP contribution in [0, 0.1) is 0 Å². The van der Waals surface area contributed by atoms with E-state index in [-0.39, 0.29) is 11.3 Å². The van der Waals surface area contributed by atoms with Crippen LogP contribution < -0.4 is 4.74 Å². The van der Waals surface area contributed by atoms with Crippen LogP contribution in [0.3, 0.4) is 0 Å². The van der Waals surface area contributed by atoms with Crippen molar-refractivity contribution >= 4 is 22.2 Å². The number of hydrogen-bond acceptors (Lipinski definition) is 2. The van der Waals surface area contributed by atoms with E-state index in [4.69, 9.17) is 4.74 Å². The van der Waals surface area contributed by atoms with Gasteiger partial charge >= 0.3 is 6.18 Å². The number of hydrogen-bond donors (Lipinski definition) is 0. The van der Waals surface area contributed by atoms with Crippen molar-refractivity contribution in [1.82, 2.24) is 0 Å². The summed E-state index contributed by atoms with van der Waals surface area (Å²) in [4.78, 5) is 10.9. The molecule has 0 fully saturated rings. The third-order valence-corrected chi connectivity index (χ3v) is 3.04. The van der Waals surface area contributed by atoms with Gasteiger partial charge in [0.05, 0.1) is 11.1 Å².